The molecule has 1 aromatic heterocycles. The molecule has 0 amide bonds. The molecule has 136 valence electrons. The maximum Gasteiger partial charge on any atom is 0.337 e. The van der Waals surface area contributed by atoms with Gasteiger partial charge in [0.05, 0.1) is 30.8 Å². The van der Waals surface area contributed by atoms with Crippen molar-refractivity contribution < 1.29 is 27.8 Å². The van der Waals surface area contributed by atoms with Crippen molar-refractivity contribution in [2.24, 2.45) is 0 Å². The van der Waals surface area contributed by atoms with Crippen molar-refractivity contribution in [3.05, 3.63) is 52.2 Å². The van der Waals surface area contributed by atoms with E-state index in [0.29, 0.717) is 0 Å². The van der Waals surface area contributed by atoms with Crippen LogP contribution in [0.5, 0.6) is 0 Å². The van der Waals surface area contributed by atoms with Crippen LogP contribution in [0.2, 0.25) is 0 Å². The summed E-state index contributed by atoms with van der Waals surface area (Å²) in [5.74, 6) is -0.535. The van der Waals surface area contributed by atoms with Gasteiger partial charge in [-0.2, -0.15) is 0 Å². The molecule has 0 aliphatic carbocycles. The van der Waals surface area contributed by atoms with Gasteiger partial charge in [0.2, 0.25) is 10.0 Å². The fraction of sp³-hybridized carbons (Fsp3) is 0.312. The third-order valence-corrected chi connectivity index (χ3v) is 5.72. The van der Waals surface area contributed by atoms with Gasteiger partial charge in [-0.25, -0.2) is 17.9 Å². The van der Waals surface area contributed by atoms with Gasteiger partial charge in [-0.1, -0.05) is 6.07 Å². The average molecular weight is 385 g/mol. The molecule has 2 N–H and O–H groups in total. The molecule has 25 heavy (non-hydrogen) atoms. The quantitative estimate of drug-likeness (QED) is 0.635. The molecule has 0 bridgehead atoms. The first kappa shape index (κ1) is 19.5. The van der Waals surface area contributed by atoms with Crippen LogP contribution in [0, 0.1) is 0 Å². The summed E-state index contributed by atoms with van der Waals surface area (Å²) in [6.07, 6.45) is -0.490. The minimum atomic E-state index is -3.76. The second-order valence-corrected chi connectivity index (χ2v) is 7.71. The molecule has 0 saturated heterocycles. The number of aliphatic hydroxyl groups excluding tert-OH is 1. The Hall–Kier alpha value is -1.78. The van der Waals surface area contributed by atoms with Gasteiger partial charge in [0.1, 0.15) is 6.10 Å². The lowest BCUT2D eigenvalue weighted by Crippen LogP contribution is -2.29. The number of benzene rings is 1. The van der Waals surface area contributed by atoms with Crippen LogP contribution in [-0.4, -0.2) is 46.4 Å². The highest BCUT2D eigenvalue weighted by Crippen LogP contribution is 2.22. The van der Waals surface area contributed by atoms with E-state index in [1.165, 1.54) is 42.7 Å². The number of thiophene rings is 1. The topological polar surface area (TPSA) is 102 Å². The number of esters is 1. The van der Waals surface area contributed by atoms with E-state index in [0.717, 1.165) is 4.88 Å². The third kappa shape index (κ3) is 5.35. The molecule has 0 fully saturated rings. The molecule has 1 atom stereocenters. The van der Waals surface area contributed by atoms with Crippen LogP contribution < -0.4 is 4.72 Å². The zero-order chi connectivity index (χ0) is 18.3. The first-order valence-electron chi connectivity index (χ1n) is 7.42. The third-order valence-electron chi connectivity index (χ3n) is 3.32. The van der Waals surface area contributed by atoms with Crippen LogP contribution in [0.1, 0.15) is 21.3 Å². The fourth-order valence-electron chi connectivity index (χ4n) is 2.07. The van der Waals surface area contributed by atoms with Crippen LogP contribution in [0.25, 0.3) is 0 Å². The summed E-state index contributed by atoms with van der Waals surface area (Å²) in [6.45, 7) is -0.0106. The summed E-state index contributed by atoms with van der Waals surface area (Å²) < 4.78 is 37.4. The molecular weight excluding hydrogens is 366 g/mol. The predicted molar refractivity (Wildman–Crippen MR) is 93.1 cm³/mol. The molecule has 0 radical (unpaired) electrons. The minimum absolute atomic E-state index is 0.0294. The normalized spacial score (nSPS) is 12.7. The largest absolute Gasteiger partial charge is 0.465 e. The molecular formula is C16H19NO6S2. The Balaban J connectivity index is 2.07. The Labute approximate surface area is 150 Å². The van der Waals surface area contributed by atoms with Crippen LogP contribution in [0.3, 0.4) is 0 Å². The highest BCUT2D eigenvalue weighted by Gasteiger charge is 2.20. The highest BCUT2D eigenvalue weighted by atomic mass is 32.2. The number of carbonyl (C=O) groups excluding carboxylic acids is 1. The molecule has 1 aromatic carbocycles. The number of rotatable bonds is 9. The second-order valence-electron chi connectivity index (χ2n) is 4.97. The Morgan fingerprint density at radius 2 is 2.00 bits per heavy atom. The molecule has 9 heteroatoms. The van der Waals surface area contributed by atoms with Crippen molar-refractivity contribution in [1.82, 2.24) is 4.72 Å². The number of aliphatic hydroxyl groups is 1. The van der Waals surface area contributed by atoms with Gasteiger partial charge in [0, 0.05) is 11.4 Å². The van der Waals surface area contributed by atoms with Crippen LogP contribution in [0.15, 0.2) is 46.7 Å². The van der Waals surface area contributed by atoms with Crippen LogP contribution in [-0.2, 0) is 19.5 Å². The van der Waals surface area contributed by atoms with E-state index >= 15 is 0 Å². The predicted octanol–water partition coefficient (Wildman–Crippen LogP) is 1.56. The number of hydrogen-bond donors (Lipinski definition) is 2. The Bertz CT molecular complexity index is 771. The van der Waals surface area contributed by atoms with E-state index in [1.54, 1.807) is 0 Å². The average Bonchev–Trinajstić information content (AvgIpc) is 3.15. The van der Waals surface area contributed by atoms with Crippen LogP contribution >= 0.6 is 11.3 Å². The smallest absolute Gasteiger partial charge is 0.337 e. The molecule has 2 rings (SSSR count). The van der Waals surface area contributed by atoms with Crippen molar-refractivity contribution in [2.75, 3.05) is 26.9 Å². The summed E-state index contributed by atoms with van der Waals surface area (Å²) in [6, 6.07) is 9.13. The summed E-state index contributed by atoms with van der Waals surface area (Å²) in [5, 5.41) is 10.8. The van der Waals surface area contributed by atoms with Gasteiger partial charge in [-0.05, 0) is 35.7 Å². The lowest BCUT2D eigenvalue weighted by Gasteiger charge is -2.17. The van der Waals surface area contributed by atoms with E-state index in [9.17, 15) is 13.2 Å². The van der Waals surface area contributed by atoms with Gasteiger partial charge in [0.25, 0.3) is 0 Å². The molecule has 0 aliphatic rings. The van der Waals surface area contributed by atoms with E-state index in [2.05, 4.69) is 9.46 Å². The van der Waals surface area contributed by atoms with Crippen molar-refractivity contribution in [3.63, 3.8) is 0 Å². The summed E-state index contributed by atoms with van der Waals surface area (Å²) in [4.78, 5) is 12.3. The van der Waals surface area contributed by atoms with Gasteiger partial charge < -0.3 is 14.6 Å². The monoisotopic (exact) mass is 385 g/mol. The van der Waals surface area contributed by atoms with Crippen molar-refractivity contribution in [1.29, 1.82) is 0 Å². The van der Waals surface area contributed by atoms with E-state index in [4.69, 9.17) is 9.84 Å². The molecule has 0 saturated carbocycles. The molecule has 0 unspecified atom stereocenters. The number of ether oxygens (including phenoxy) is 2. The maximum absolute atomic E-state index is 12.4. The van der Waals surface area contributed by atoms with Crippen molar-refractivity contribution in [3.8, 4) is 0 Å². The first-order valence-corrected chi connectivity index (χ1v) is 9.78. The van der Waals surface area contributed by atoms with Gasteiger partial charge in [-0.15, -0.1) is 11.3 Å². The van der Waals surface area contributed by atoms with Crippen LogP contribution in [0.4, 0.5) is 0 Å². The molecule has 1 heterocycles. The fourth-order valence-corrected chi connectivity index (χ4v) is 3.87. The van der Waals surface area contributed by atoms with Crippen molar-refractivity contribution in [2.45, 2.75) is 11.0 Å². The van der Waals surface area contributed by atoms with Gasteiger partial charge in [-0.3, -0.25) is 0 Å². The Kier molecular flexibility index (Phi) is 7.09. The zero-order valence-electron chi connectivity index (χ0n) is 13.5. The van der Waals surface area contributed by atoms with Gasteiger partial charge >= 0.3 is 5.97 Å². The highest BCUT2D eigenvalue weighted by molar-refractivity contribution is 7.89. The summed E-state index contributed by atoms with van der Waals surface area (Å²) in [5.41, 5.74) is 0.268. The number of carbonyl (C=O) groups is 1. The number of nitrogens with one attached hydrogen (secondary N) is 1. The molecule has 2 aromatic rings. The number of sulfonamides is 1. The SMILES string of the molecule is COC(=O)c1ccc(S(=O)(=O)NC[C@H](OCCO)c2cccs2)cc1. The summed E-state index contributed by atoms with van der Waals surface area (Å²) >= 11 is 1.44. The molecule has 0 aliphatic heterocycles. The molecule has 7 nitrogen and oxygen atoms in total. The van der Waals surface area contributed by atoms with Crippen molar-refractivity contribution >= 4 is 27.3 Å². The summed E-state index contributed by atoms with van der Waals surface area (Å²) in [7, 11) is -2.51. The van der Waals surface area contributed by atoms with E-state index < -0.39 is 22.1 Å². The lowest BCUT2D eigenvalue weighted by atomic mass is 10.2. The Morgan fingerprint density at radius 3 is 2.56 bits per heavy atom. The maximum atomic E-state index is 12.4. The minimum Gasteiger partial charge on any atom is -0.465 e. The first-order chi connectivity index (χ1) is 12.0. The lowest BCUT2D eigenvalue weighted by molar-refractivity contribution is 0.0328. The van der Waals surface area contributed by atoms with Gasteiger partial charge in [0.15, 0.2) is 0 Å². The number of hydrogen-bond acceptors (Lipinski definition) is 7. The Morgan fingerprint density at radius 1 is 1.28 bits per heavy atom. The molecule has 0 spiro atoms. The standard InChI is InChI=1S/C16H19NO6S2/c1-22-16(19)12-4-6-13(7-5-12)25(20,21)17-11-14(23-9-8-18)15-3-2-10-24-15/h2-7,10,14,17-18H,8-9,11H2,1H3/t14-/m0/s1. The number of methoxy groups -OCH3 is 1. The second kappa shape index (κ2) is 9.07. The van der Waals surface area contributed by atoms with E-state index in [-0.39, 0.29) is 30.2 Å². The van der Waals surface area contributed by atoms with E-state index in [1.807, 2.05) is 17.5 Å². The zero-order valence-corrected chi connectivity index (χ0v) is 15.2.